The van der Waals surface area contributed by atoms with Crippen molar-refractivity contribution in [1.82, 2.24) is 0 Å². The minimum atomic E-state index is 0.632. The second-order valence-electron chi connectivity index (χ2n) is 4.59. The van der Waals surface area contributed by atoms with Crippen molar-refractivity contribution < 1.29 is 18.9 Å². The Balaban J connectivity index is 2.62. The van der Waals surface area contributed by atoms with E-state index in [2.05, 4.69) is 6.58 Å². The van der Waals surface area contributed by atoms with Crippen LogP contribution in [-0.4, -0.2) is 28.4 Å². The summed E-state index contributed by atoms with van der Waals surface area (Å²) in [7, 11) is 6.44. The number of hydrogen-bond donors (Lipinski definition) is 0. The smallest absolute Gasteiger partial charge is 0.134 e. The maximum atomic E-state index is 5.48. The normalized spacial score (nSPS) is 10.0. The van der Waals surface area contributed by atoms with Crippen LogP contribution in [0.1, 0.15) is 11.1 Å². The first kappa shape index (κ1) is 15.8. The number of hydrogen-bond acceptors (Lipinski definition) is 4. The summed E-state index contributed by atoms with van der Waals surface area (Å²) in [5.74, 6) is 2.66. The fourth-order valence-corrected chi connectivity index (χ4v) is 2.33. The number of benzene rings is 2. The van der Waals surface area contributed by atoms with E-state index in [9.17, 15) is 0 Å². The molecule has 2 aromatic rings. The Morgan fingerprint density at radius 2 is 1.32 bits per heavy atom. The lowest BCUT2D eigenvalue weighted by Gasteiger charge is -2.18. The van der Waals surface area contributed by atoms with Crippen LogP contribution in [0.4, 0.5) is 0 Å². The van der Waals surface area contributed by atoms with Gasteiger partial charge in [-0.25, -0.2) is 0 Å². The fourth-order valence-electron chi connectivity index (χ4n) is 2.33. The van der Waals surface area contributed by atoms with Gasteiger partial charge in [-0.15, -0.1) is 0 Å². The van der Waals surface area contributed by atoms with Gasteiger partial charge in [0.15, 0.2) is 0 Å². The maximum absolute atomic E-state index is 5.48. The van der Waals surface area contributed by atoms with E-state index < -0.39 is 0 Å². The van der Waals surface area contributed by atoms with Gasteiger partial charge in [-0.1, -0.05) is 24.8 Å². The molecule has 22 heavy (non-hydrogen) atoms. The van der Waals surface area contributed by atoms with Gasteiger partial charge in [0.25, 0.3) is 0 Å². The minimum absolute atomic E-state index is 0.632. The van der Waals surface area contributed by atoms with E-state index in [1.165, 1.54) is 0 Å². The summed E-state index contributed by atoms with van der Waals surface area (Å²) in [5, 5.41) is 0. The molecule has 0 spiro atoms. The van der Waals surface area contributed by atoms with Gasteiger partial charge in [-0.2, -0.15) is 0 Å². The van der Waals surface area contributed by atoms with E-state index in [-0.39, 0.29) is 0 Å². The molecular weight excluding hydrogens is 280 g/mol. The van der Waals surface area contributed by atoms with Crippen molar-refractivity contribution in [3.8, 4) is 23.0 Å². The Hall–Kier alpha value is -2.62. The Labute approximate surface area is 130 Å². The van der Waals surface area contributed by atoms with Crippen LogP contribution in [0.2, 0.25) is 0 Å². The molecule has 0 heterocycles. The summed E-state index contributed by atoms with van der Waals surface area (Å²) in [5.41, 5.74) is 2.41. The lowest BCUT2D eigenvalue weighted by molar-refractivity contribution is 0.373. The molecule has 4 heteroatoms. The average Bonchev–Trinajstić information content (AvgIpc) is 2.59. The van der Waals surface area contributed by atoms with Crippen molar-refractivity contribution in [2.24, 2.45) is 0 Å². The molecule has 2 aromatic carbocycles. The van der Waals surface area contributed by atoms with Gasteiger partial charge in [0.1, 0.15) is 23.0 Å². The van der Waals surface area contributed by atoms with Gasteiger partial charge >= 0.3 is 0 Å². The van der Waals surface area contributed by atoms with Gasteiger partial charge in [-0.3, -0.25) is 0 Å². The highest BCUT2D eigenvalue weighted by molar-refractivity contribution is 5.87. The van der Waals surface area contributed by atoms with E-state index in [1.807, 2.05) is 24.3 Å². The Morgan fingerprint density at radius 1 is 0.773 bits per heavy atom. The minimum Gasteiger partial charge on any atom is -0.496 e. The number of rotatable bonds is 6. The van der Waals surface area contributed by atoms with Crippen LogP contribution in [0.25, 0.3) is 5.57 Å². The van der Waals surface area contributed by atoms with Gasteiger partial charge in [-0.05, 0) is 11.6 Å². The molecule has 2 rings (SSSR count). The zero-order valence-electron chi connectivity index (χ0n) is 13.3. The number of para-hydroxylation sites is 1. The Morgan fingerprint density at radius 3 is 1.82 bits per heavy atom. The molecule has 0 radical (unpaired) electrons. The largest absolute Gasteiger partial charge is 0.496 e. The van der Waals surface area contributed by atoms with E-state index in [1.54, 1.807) is 40.6 Å². The second-order valence-corrected chi connectivity index (χ2v) is 4.59. The number of methoxy groups -OCH3 is 4. The molecule has 4 nitrogen and oxygen atoms in total. The highest BCUT2D eigenvalue weighted by Gasteiger charge is 2.19. The molecular formula is C18H20O4. The Kier molecular flexibility index (Phi) is 4.94. The zero-order valence-corrected chi connectivity index (χ0v) is 13.3. The molecule has 0 bridgehead atoms. The summed E-state index contributed by atoms with van der Waals surface area (Å²) in [6.07, 6.45) is 0. The summed E-state index contributed by atoms with van der Waals surface area (Å²) >= 11 is 0. The Bertz CT molecular complexity index is 652. The first-order valence-electron chi connectivity index (χ1n) is 6.79. The molecule has 0 saturated carbocycles. The van der Waals surface area contributed by atoms with Crippen LogP contribution in [-0.2, 0) is 0 Å². The van der Waals surface area contributed by atoms with Crippen molar-refractivity contribution in [3.05, 3.63) is 54.1 Å². The summed E-state index contributed by atoms with van der Waals surface area (Å²) in [4.78, 5) is 0. The summed E-state index contributed by atoms with van der Waals surface area (Å²) in [6.45, 7) is 4.20. The molecule has 0 atom stereocenters. The molecule has 0 aliphatic heterocycles. The van der Waals surface area contributed by atoms with Crippen molar-refractivity contribution in [1.29, 1.82) is 0 Å². The monoisotopic (exact) mass is 300 g/mol. The van der Waals surface area contributed by atoms with Crippen LogP contribution in [0, 0.1) is 0 Å². The van der Waals surface area contributed by atoms with Crippen molar-refractivity contribution in [3.63, 3.8) is 0 Å². The lowest BCUT2D eigenvalue weighted by atomic mass is 9.96. The quantitative estimate of drug-likeness (QED) is 0.813. The van der Waals surface area contributed by atoms with E-state index in [0.717, 1.165) is 22.4 Å². The third-order valence-electron chi connectivity index (χ3n) is 3.45. The molecule has 0 unspecified atom stereocenters. The van der Waals surface area contributed by atoms with E-state index >= 15 is 0 Å². The van der Waals surface area contributed by atoms with Gasteiger partial charge < -0.3 is 18.9 Å². The molecule has 0 fully saturated rings. The topological polar surface area (TPSA) is 36.9 Å². The fraction of sp³-hybridized carbons (Fsp3) is 0.222. The molecule has 0 aromatic heterocycles. The zero-order chi connectivity index (χ0) is 16.1. The molecule has 116 valence electrons. The predicted molar refractivity (Wildman–Crippen MR) is 87.2 cm³/mol. The van der Waals surface area contributed by atoms with E-state index in [4.69, 9.17) is 18.9 Å². The molecule has 0 amide bonds. The molecule has 0 N–H and O–H groups in total. The maximum Gasteiger partial charge on any atom is 0.134 e. The number of ether oxygens (including phenoxy) is 4. The first-order valence-corrected chi connectivity index (χ1v) is 6.79. The van der Waals surface area contributed by atoms with E-state index in [0.29, 0.717) is 17.2 Å². The third-order valence-corrected chi connectivity index (χ3v) is 3.45. The summed E-state index contributed by atoms with van der Waals surface area (Å²) in [6, 6.07) is 11.3. The lowest BCUT2D eigenvalue weighted by Crippen LogP contribution is -2.00. The van der Waals surface area contributed by atoms with Gasteiger partial charge in [0.2, 0.25) is 0 Å². The molecule has 0 aliphatic rings. The highest BCUT2D eigenvalue weighted by atomic mass is 16.5. The second kappa shape index (κ2) is 6.89. The van der Waals surface area contributed by atoms with Gasteiger partial charge in [0.05, 0.1) is 34.0 Å². The molecule has 0 saturated heterocycles. The third kappa shape index (κ3) is 2.86. The highest BCUT2D eigenvalue weighted by Crippen LogP contribution is 2.42. The predicted octanol–water partition coefficient (Wildman–Crippen LogP) is 3.78. The van der Waals surface area contributed by atoms with Crippen molar-refractivity contribution in [2.45, 2.75) is 0 Å². The SMILES string of the molecule is C=C(c1ccccc1OC)c1c(OC)cc(OC)cc1OC. The summed E-state index contributed by atoms with van der Waals surface area (Å²) < 4.78 is 21.7. The van der Waals surface area contributed by atoms with Crippen LogP contribution in [0.3, 0.4) is 0 Å². The molecule has 0 aliphatic carbocycles. The van der Waals surface area contributed by atoms with Gasteiger partial charge in [0, 0.05) is 17.7 Å². The van der Waals surface area contributed by atoms with Crippen LogP contribution in [0.15, 0.2) is 43.0 Å². The van der Waals surface area contributed by atoms with Crippen LogP contribution >= 0.6 is 0 Å². The average molecular weight is 300 g/mol. The van der Waals surface area contributed by atoms with Crippen molar-refractivity contribution in [2.75, 3.05) is 28.4 Å². The first-order chi connectivity index (χ1) is 10.7. The standard InChI is InChI=1S/C18H20O4/c1-12(14-8-6-7-9-15(14)20-3)18-16(21-4)10-13(19-2)11-17(18)22-5/h6-11H,1H2,2-5H3. The van der Waals surface area contributed by atoms with Crippen LogP contribution in [0.5, 0.6) is 23.0 Å². The van der Waals surface area contributed by atoms with Crippen molar-refractivity contribution >= 4 is 5.57 Å². The van der Waals surface area contributed by atoms with Crippen LogP contribution < -0.4 is 18.9 Å².